The molecular weight excluding hydrogens is 262 g/mol. The molecule has 1 aromatic heterocycles. The summed E-state index contributed by atoms with van der Waals surface area (Å²) in [5.41, 5.74) is 10.0. The van der Waals surface area contributed by atoms with Crippen LogP contribution in [0.4, 0.5) is 0 Å². The summed E-state index contributed by atoms with van der Waals surface area (Å²) in [4.78, 5) is 0. The Hall–Kier alpha value is -1.81. The quantitative estimate of drug-likeness (QED) is 0.848. The maximum absolute atomic E-state index is 6.17. The number of rotatable bonds is 6. The lowest BCUT2D eigenvalue weighted by atomic mass is 9.98. The zero-order valence-corrected chi connectivity index (χ0v) is 13.3. The van der Waals surface area contributed by atoms with E-state index >= 15 is 0 Å². The molecule has 0 fully saturated rings. The fraction of sp³-hybridized carbons (Fsp3) is 0.471. The number of nitrogens with zero attached hydrogens (tertiary/aromatic N) is 1. The molecule has 1 aromatic carbocycles. The van der Waals surface area contributed by atoms with Crippen LogP contribution in [-0.2, 0) is 6.54 Å². The van der Waals surface area contributed by atoms with Crippen molar-refractivity contribution in [3.05, 3.63) is 46.8 Å². The average molecular weight is 287 g/mol. The van der Waals surface area contributed by atoms with Gasteiger partial charge in [0.25, 0.3) is 0 Å². The van der Waals surface area contributed by atoms with E-state index in [1.54, 1.807) is 0 Å². The molecule has 2 aromatic rings. The smallest absolute Gasteiger partial charge is 0.140 e. The van der Waals surface area contributed by atoms with Gasteiger partial charge in [-0.2, -0.15) is 5.10 Å². The summed E-state index contributed by atoms with van der Waals surface area (Å²) in [6, 6.07) is 8.23. The first kappa shape index (κ1) is 15.6. The molecule has 114 valence electrons. The third kappa shape index (κ3) is 3.27. The summed E-state index contributed by atoms with van der Waals surface area (Å²) < 4.78 is 6.17. The van der Waals surface area contributed by atoms with Gasteiger partial charge >= 0.3 is 0 Å². The minimum absolute atomic E-state index is 0.126. The number of benzene rings is 1. The van der Waals surface area contributed by atoms with E-state index in [0.29, 0.717) is 12.5 Å². The predicted octanol–water partition coefficient (Wildman–Crippen LogP) is 3.83. The number of hydrogen-bond donors (Lipinski definition) is 2. The molecule has 0 amide bonds. The second-order valence-corrected chi connectivity index (χ2v) is 5.52. The van der Waals surface area contributed by atoms with Gasteiger partial charge in [-0.1, -0.05) is 32.0 Å². The normalized spacial score (nSPS) is 14.0. The lowest BCUT2D eigenvalue weighted by molar-refractivity contribution is 0.217. The van der Waals surface area contributed by atoms with Gasteiger partial charge in [0.15, 0.2) is 0 Å². The number of aromatic nitrogens is 2. The summed E-state index contributed by atoms with van der Waals surface area (Å²) in [7, 11) is 0. The van der Waals surface area contributed by atoms with Crippen LogP contribution in [0, 0.1) is 6.92 Å². The number of aromatic amines is 1. The standard InChI is InChI=1S/C17H25N3O/c1-5-11(2)14-8-6-7-9-16(14)21-13(4)17-15(10-18)12(3)19-20-17/h6-9,11,13H,5,10,18H2,1-4H3,(H,19,20). The van der Waals surface area contributed by atoms with Gasteiger partial charge in [0.05, 0.1) is 0 Å². The zero-order valence-electron chi connectivity index (χ0n) is 13.3. The number of nitrogens with one attached hydrogen (secondary N) is 1. The Kier molecular flexibility index (Phi) is 5.02. The highest BCUT2D eigenvalue weighted by Crippen LogP contribution is 2.32. The van der Waals surface area contributed by atoms with E-state index in [0.717, 1.165) is 29.1 Å². The summed E-state index contributed by atoms with van der Waals surface area (Å²) in [6.07, 6.45) is 0.961. The van der Waals surface area contributed by atoms with Gasteiger partial charge in [0, 0.05) is 17.8 Å². The number of ether oxygens (including phenoxy) is 1. The average Bonchev–Trinajstić information content (AvgIpc) is 2.88. The molecule has 2 atom stereocenters. The van der Waals surface area contributed by atoms with Gasteiger partial charge in [-0.15, -0.1) is 0 Å². The summed E-state index contributed by atoms with van der Waals surface area (Å²) in [5.74, 6) is 1.41. The zero-order chi connectivity index (χ0) is 15.4. The Morgan fingerprint density at radius 2 is 2.00 bits per heavy atom. The SMILES string of the molecule is CCC(C)c1ccccc1OC(C)c1n[nH]c(C)c1CN. The molecule has 4 nitrogen and oxygen atoms in total. The molecule has 0 saturated heterocycles. The van der Waals surface area contributed by atoms with E-state index in [2.05, 4.69) is 36.2 Å². The molecule has 0 bridgehead atoms. The van der Waals surface area contributed by atoms with Gasteiger partial charge in [0.1, 0.15) is 17.5 Å². The first-order chi connectivity index (χ1) is 10.1. The minimum atomic E-state index is -0.126. The Bertz CT molecular complexity index is 591. The minimum Gasteiger partial charge on any atom is -0.484 e. The molecule has 3 N–H and O–H groups in total. The van der Waals surface area contributed by atoms with Crippen molar-refractivity contribution in [2.75, 3.05) is 0 Å². The van der Waals surface area contributed by atoms with E-state index in [-0.39, 0.29) is 6.10 Å². The molecule has 0 saturated carbocycles. The monoisotopic (exact) mass is 287 g/mol. The summed E-state index contributed by atoms with van der Waals surface area (Å²) >= 11 is 0. The van der Waals surface area contributed by atoms with Crippen LogP contribution in [-0.4, -0.2) is 10.2 Å². The van der Waals surface area contributed by atoms with E-state index in [1.807, 2.05) is 26.0 Å². The van der Waals surface area contributed by atoms with Crippen molar-refractivity contribution < 1.29 is 4.74 Å². The van der Waals surface area contributed by atoms with Crippen molar-refractivity contribution in [1.82, 2.24) is 10.2 Å². The third-order valence-corrected chi connectivity index (χ3v) is 4.06. The van der Waals surface area contributed by atoms with Crippen LogP contribution < -0.4 is 10.5 Å². The lowest BCUT2D eigenvalue weighted by Crippen LogP contribution is -2.10. The molecule has 0 spiro atoms. The topological polar surface area (TPSA) is 63.9 Å². The Morgan fingerprint density at radius 3 is 2.67 bits per heavy atom. The first-order valence-electron chi connectivity index (χ1n) is 7.57. The van der Waals surface area contributed by atoms with Gasteiger partial charge < -0.3 is 10.5 Å². The molecule has 2 rings (SSSR count). The van der Waals surface area contributed by atoms with Crippen molar-refractivity contribution in [2.45, 2.75) is 52.7 Å². The van der Waals surface area contributed by atoms with E-state index in [1.165, 1.54) is 5.56 Å². The molecule has 1 heterocycles. The third-order valence-electron chi connectivity index (χ3n) is 4.06. The molecule has 21 heavy (non-hydrogen) atoms. The molecular formula is C17H25N3O. The highest BCUT2D eigenvalue weighted by molar-refractivity contribution is 5.37. The summed E-state index contributed by atoms with van der Waals surface area (Å²) in [6.45, 7) is 8.88. The van der Waals surface area contributed by atoms with Crippen molar-refractivity contribution in [2.24, 2.45) is 5.73 Å². The van der Waals surface area contributed by atoms with Crippen LogP contribution in [0.3, 0.4) is 0 Å². The molecule has 0 aliphatic carbocycles. The van der Waals surface area contributed by atoms with Crippen LogP contribution in [0.25, 0.3) is 0 Å². The number of hydrogen-bond acceptors (Lipinski definition) is 3. The van der Waals surface area contributed by atoms with Gasteiger partial charge in [0.2, 0.25) is 0 Å². The molecule has 0 radical (unpaired) electrons. The highest BCUT2D eigenvalue weighted by Gasteiger charge is 2.19. The highest BCUT2D eigenvalue weighted by atomic mass is 16.5. The lowest BCUT2D eigenvalue weighted by Gasteiger charge is -2.19. The van der Waals surface area contributed by atoms with Crippen LogP contribution in [0.15, 0.2) is 24.3 Å². The maximum Gasteiger partial charge on any atom is 0.140 e. The fourth-order valence-electron chi connectivity index (χ4n) is 2.53. The number of aryl methyl sites for hydroxylation is 1. The fourth-order valence-corrected chi connectivity index (χ4v) is 2.53. The number of para-hydroxylation sites is 1. The molecule has 4 heteroatoms. The van der Waals surface area contributed by atoms with E-state index < -0.39 is 0 Å². The number of nitrogens with two attached hydrogens (primary N) is 1. The second-order valence-electron chi connectivity index (χ2n) is 5.52. The largest absolute Gasteiger partial charge is 0.484 e. The predicted molar refractivity (Wildman–Crippen MR) is 85.4 cm³/mol. The number of H-pyrrole nitrogens is 1. The Labute approximate surface area is 126 Å². The molecule has 0 aliphatic heterocycles. The Morgan fingerprint density at radius 1 is 1.29 bits per heavy atom. The van der Waals surface area contributed by atoms with Crippen molar-refractivity contribution >= 4 is 0 Å². The van der Waals surface area contributed by atoms with Crippen LogP contribution in [0.2, 0.25) is 0 Å². The molecule has 0 aliphatic rings. The Balaban J connectivity index is 2.25. The van der Waals surface area contributed by atoms with Crippen LogP contribution in [0.5, 0.6) is 5.75 Å². The molecule has 2 unspecified atom stereocenters. The van der Waals surface area contributed by atoms with Crippen LogP contribution >= 0.6 is 0 Å². The van der Waals surface area contributed by atoms with Gasteiger partial charge in [-0.05, 0) is 37.8 Å². The van der Waals surface area contributed by atoms with Gasteiger partial charge in [-0.3, -0.25) is 5.10 Å². The first-order valence-corrected chi connectivity index (χ1v) is 7.57. The van der Waals surface area contributed by atoms with Crippen molar-refractivity contribution in [1.29, 1.82) is 0 Å². The second kappa shape index (κ2) is 6.76. The maximum atomic E-state index is 6.17. The van der Waals surface area contributed by atoms with Crippen molar-refractivity contribution in [3.63, 3.8) is 0 Å². The van der Waals surface area contributed by atoms with Gasteiger partial charge in [-0.25, -0.2) is 0 Å². The van der Waals surface area contributed by atoms with E-state index in [9.17, 15) is 0 Å². The van der Waals surface area contributed by atoms with E-state index in [4.69, 9.17) is 10.5 Å². The van der Waals surface area contributed by atoms with Crippen LogP contribution in [0.1, 0.15) is 61.7 Å². The summed E-state index contributed by atoms with van der Waals surface area (Å²) in [5, 5.41) is 7.34. The van der Waals surface area contributed by atoms with Crippen molar-refractivity contribution in [3.8, 4) is 5.75 Å².